The number of amides is 2. The zero-order valence-corrected chi connectivity index (χ0v) is 16.2. The molecule has 2 amide bonds. The predicted octanol–water partition coefficient (Wildman–Crippen LogP) is 2.25. The van der Waals surface area contributed by atoms with Gasteiger partial charge in [0.05, 0.1) is 13.2 Å². The smallest absolute Gasteiger partial charge is 0.410 e. The van der Waals surface area contributed by atoms with Crippen molar-refractivity contribution in [3.63, 3.8) is 0 Å². The van der Waals surface area contributed by atoms with Crippen LogP contribution < -0.4 is 0 Å². The van der Waals surface area contributed by atoms with Gasteiger partial charge in [-0.15, -0.1) is 0 Å². The summed E-state index contributed by atoms with van der Waals surface area (Å²) in [6.07, 6.45) is 2.95. The minimum Gasteiger partial charge on any atom is -0.444 e. The van der Waals surface area contributed by atoms with Gasteiger partial charge in [0.1, 0.15) is 5.60 Å². The molecule has 7 heteroatoms. The lowest BCUT2D eigenvalue weighted by Crippen LogP contribution is -2.48. The van der Waals surface area contributed by atoms with Gasteiger partial charge in [0.15, 0.2) is 6.29 Å². The molecule has 0 radical (unpaired) electrons. The predicted molar refractivity (Wildman–Crippen MR) is 95.5 cm³/mol. The summed E-state index contributed by atoms with van der Waals surface area (Å²) in [6, 6.07) is 0. The highest BCUT2D eigenvalue weighted by atomic mass is 16.7. The topological polar surface area (TPSA) is 68.3 Å². The van der Waals surface area contributed by atoms with Crippen LogP contribution >= 0.6 is 0 Å². The second-order valence-electron chi connectivity index (χ2n) is 8.51. The molecule has 148 valence electrons. The molecular weight excluding hydrogens is 336 g/mol. The van der Waals surface area contributed by atoms with E-state index in [9.17, 15) is 9.59 Å². The molecule has 0 bridgehead atoms. The molecule has 3 heterocycles. The molecule has 3 aliphatic heterocycles. The molecule has 0 aliphatic carbocycles. The van der Waals surface area contributed by atoms with Crippen molar-refractivity contribution in [1.82, 2.24) is 9.80 Å². The summed E-state index contributed by atoms with van der Waals surface area (Å²) in [7, 11) is 0. The Hall–Kier alpha value is -1.34. The van der Waals surface area contributed by atoms with Crippen LogP contribution in [0.3, 0.4) is 0 Å². The quantitative estimate of drug-likeness (QED) is 0.748. The molecule has 3 fully saturated rings. The molecule has 3 rings (SSSR count). The summed E-state index contributed by atoms with van der Waals surface area (Å²) >= 11 is 0. The van der Waals surface area contributed by atoms with Gasteiger partial charge in [-0.3, -0.25) is 4.79 Å². The van der Waals surface area contributed by atoms with Crippen LogP contribution in [0.25, 0.3) is 0 Å². The first kappa shape index (κ1) is 19.4. The van der Waals surface area contributed by atoms with Crippen LogP contribution in [-0.2, 0) is 19.0 Å². The molecule has 3 aliphatic rings. The second kappa shape index (κ2) is 8.13. The number of carbonyl (C=O) groups excluding carboxylic acids is 2. The summed E-state index contributed by atoms with van der Waals surface area (Å²) in [4.78, 5) is 28.7. The fraction of sp³-hybridized carbons (Fsp3) is 0.895. The monoisotopic (exact) mass is 368 g/mol. The minimum absolute atomic E-state index is 0.0178. The van der Waals surface area contributed by atoms with Crippen molar-refractivity contribution in [2.75, 3.05) is 39.4 Å². The van der Waals surface area contributed by atoms with Crippen molar-refractivity contribution < 1.29 is 23.8 Å². The molecule has 0 saturated carbocycles. The Labute approximate surface area is 155 Å². The molecule has 0 spiro atoms. The number of rotatable bonds is 2. The van der Waals surface area contributed by atoms with Crippen LogP contribution in [0.15, 0.2) is 0 Å². The Kier molecular flexibility index (Phi) is 6.07. The summed E-state index contributed by atoms with van der Waals surface area (Å²) in [5.74, 6) is 0.653. The van der Waals surface area contributed by atoms with E-state index in [4.69, 9.17) is 14.2 Å². The fourth-order valence-electron chi connectivity index (χ4n) is 3.93. The van der Waals surface area contributed by atoms with Gasteiger partial charge < -0.3 is 24.0 Å². The maximum Gasteiger partial charge on any atom is 0.410 e. The zero-order chi connectivity index (χ0) is 18.7. The van der Waals surface area contributed by atoms with Crippen LogP contribution in [-0.4, -0.2) is 73.1 Å². The van der Waals surface area contributed by atoms with Gasteiger partial charge in [-0.25, -0.2) is 4.79 Å². The minimum atomic E-state index is -0.485. The maximum atomic E-state index is 12.8. The van der Waals surface area contributed by atoms with Crippen molar-refractivity contribution in [1.29, 1.82) is 0 Å². The highest BCUT2D eigenvalue weighted by Crippen LogP contribution is 2.28. The third kappa shape index (κ3) is 4.88. The molecule has 0 atom stereocenters. The molecular formula is C19H32N2O5. The summed E-state index contributed by atoms with van der Waals surface area (Å²) in [6.45, 7) is 9.69. The molecule has 0 unspecified atom stereocenters. The first-order valence-electron chi connectivity index (χ1n) is 9.83. The summed E-state index contributed by atoms with van der Waals surface area (Å²) in [5.41, 5.74) is -0.485. The van der Waals surface area contributed by atoms with Gasteiger partial charge in [-0.2, -0.15) is 0 Å². The van der Waals surface area contributed by atoms with E-state index in [1.807, 2.05) is 25.7 Å². The SMILES string of the molecule is CC(C)(C)OC(=O)N1CCC(C(=O)N2CCC(C3OCCO3)CC2)CC1. The Morgan fingerprint density at radius 1 is 0.885 bits per heavy atom. The number of piperidine rings is 2. The normalized spacial score (nSPS) is 24.1. The number of hydrogen-bond donors (Lipinski definition) is 0. The van der Waals surface area contributed by atoms with E-state index in [-0.39, 0.29) is 24.2 Å². The highest BCUT2D eigenvalue weighted by molar-refractivity contribution is 5.79. The number of nitrogens with zero attached hydrogens (tertiary/aromatic N) is 2. The van der Waals surface area contributed by atoms with E-state index in [2.05, 4.69) is 0 Å². The van der Waals surface area contributed by atoms with Crippen molar-refractivity contribution in [2.45, 2.75) is 58.3 Å². The highest BCUT2D eigenvalue weighted by Gasteiger charge is 2.35. The van der Waals surface area contributed by atoms with Gasteiger partial charge >= 0.3 is 6.09 Å². The van der Waals surface area contributed by atoms with E-state index in [1.165, 1.54) is 0 Å². The van der Waals surface area contributed by atoms with Crippen LogP contribution in [0.4, 0.5) is 4.79 Å². The van der Waals surface area contributed by atoms with Gasteiger partial charge in [0.2, 0.25) is 5.91 Å². The van der Waals surface area contributed by atoms with E-state index >= 15 is 0 Å². The Morgan fingerprint density at radius 2 is 1.42 bits per heavy atom. The largest absolute Gasteiger partial charge is 0.444 e. The summed E-state index contributed by atoms with van der Waals surface area (Å²) in [5, 5.41) is 0. The molecule has 26 heavy (non-hydrogen) atoms. The van der Waals surface area contributed by atoms with Crippen LogP contribution in [0.5, 0.6) is 0 Å². The molecule has 0 aromatic carbocycles. The lowest BCUT2D eigenvalue weighted by molar-refractivity contribution is -0.142. The molecule has 0 aromatic rings. The van der Waals surface area contributed by atoms with E-state index in [0.717, 1.165) is 25.9 Å². The first-order chi connectivity index (χ1) is 12.3. The average Bonchev–Trinajstić information content (AvgIpc) is 3.14. The third-order valence-electron chi connectivity index (χ3n) is 5.38. The number of carbonyl (C=O) groups is 2. The Morgan fingerprint density at radius 3 is 1.96 bits per heavy atom. The average molecular weight is 368 g/mol. The van der Waals surface area contributed by atoms with Gasteiger partial charge in [0.25, 0.3) is 0 Å². The van der Waals surface area contributed by atoms with Crippen LogP contribution in [0.2, 0.25) is 0 Å². The number of ether oxygens (including phenoxy) is 3. The van der Waals surface area contributed by atoms with Crippen molar-refractivity contribution in [2.24, 2.45) is 11.8 Å². The molecule has 0 aromatic heterocycles. The first-order valence-corrected chi connectivity index (χ1v) is 9.83. The van der Waals surface area contributed by atoms with Crippen LogP contribution in [0, 0.1) is 11.8 Å². The lowest BCUT2D eigenvalue weighted by atomic mass is 9.92. The van der Waals surface area contributed by atoms with E-state index < -0.39 is 5.60 Å². The summed E-state index contributed by atoms with van der Waals surface area (Å²) < 4.78 is 16.6. The number of likely N-dealkylation sites (tertiary alicyclic amines) is 2. The zero-order valence-electron chi connectivity index (χ0n) is 16.2. The molecule has 3 saturated heterocycles. The van der Waals surface area contributed by atoms with E-state index in [1.54, 1.807) is 4.90 Å². The maximum absolute atomic E-state index is 12.8. The Balaban J connectivity index is 1.42. The van der Waals surface area contributed by atoms with Crippen molar-refractivity contribution in [3.05, 3.63) is 0 Å². The fourth-order valence-corrected chi connectivity index (χ4v) is 3.93. The molecule has 0 N–H and O–H groups in total. The number of hydrogen-bond acceptors (Lipinski definition) is 5. The van der Waals surface area contributed by atoms with Gasteiger partial charge in [-0.1, -0.05) is 0 Å². The molecule has 7 nitrogen and oxygen atoms in total. The van der Waals surface area contributed by atoms with Gasteiger partial charge in [0, 0.05) is 38.0 Å². The van der Waals surface area contributed by atoms with E-state index in [0.29, 0.717) is 45.1 Å². The standard InChI is InChI=1S/C19H32N2O5/c1-19(2,3)26-18(23)21-10-4-14(5-11-21)16(22)20-8-6-15(7-9-20)17-24-12-13-25-17/h14-15,17H,4-13H2,1-3H3. The Bertz CT molecular complexity index is 497. The van der Waals surface area contributed by atoms with Crippen molar-refractivity contribution in [3.8, 4) is 0 Å². The van der Waals surface area contributed by atoms with Crippen molar-refractivity contribution >= 4 is 12.0 Å². The lowest BCUT2D eigenvalue weighted by Gasteiger charge is -2.38. The second-order valence-corrected chi connectivity index (χ2v) is 8.51. The third-order valence-corrected chi connectivity index (χ3v) is 5.38. The van der Waals surface area contributed by atoms with Gasteiger partial charge in [-0.05, 0) is 46.5 Å². The van der Waals surface area contributed by atoms with Crippen LogP contribution in [0.1, 0.15) is 46.5 Å².